The summed E-state index contributed by atoms with van der Waals surface area (Å²) in [5, 5.41) is -1.38. The SMILES string of the molecule is FC(F)Oc1cc(Cl)c(C(F)(F)F)c(C(F)(F)F)c1. The van der Waals surface area contributed by atoms with E-state index in [4.69, 9.17) is 11.6 Å². The molecule has 108 valence electrons. The monoisotopic (exact) mass is 314 g/mol. The molecule has 0 fully saturated rings. The lowest BCUT2D eigenvalue weighted by Gasteiger charge is -2.18. The van der Waals surface area contributed by atoms with Crippen LogP contribution in [0.5, 0.6) is 5.75 Å². The lowest BCUT2D eigenvalue weighted by Crippen LogP contribution is -2.17. The van der Waals surface area contributed by atoms with Gasteiger partial charge in [0.05, 0.1) is 16.1 Å². The summed E-state index contributed by atoms with van der Waals surface area (Å²) < 4.78 is 102. The van der Waals surface area contributed by atoms with Gasteiger partial charge in [0, 0.05) is 0 Å². The third kappa shape index (κ3) is 3.85. The number of rotatable bonds is 2. The largest absolute Gasteiger partial charge is 0.435 e. The van der Waals surface area contributed by atoms with Crippen LogP contribution in [0, 0.1) is 0 Å². The van der Waals surface area contributed by atoms with Crippen molar-refractivity contribution in [3.05, 3.63) is 28.3 Å². The molecule has 0 bridgehead atoms. The molecule has 0 heterocycles. The minimum absolute atomic E-state index is 0.180. The highest BCUT2D eigenvalue weighted by Gasteiger charge is 2.45. The first kappa shape index (κ1) is 15.8. The number of benzene rings is 1. The fraction of sp³-hybridized carbons (Fsp3) is 0.333. The number of halogens is 9. The van der Waals surface area contributed by atoms with Gasteiger partial charge < -0.3 is 4.74 Å². The third-order valence-corrected chi connectivity index (χ3v) is 2.18. The zero-order chi connectivity index (χ0) is 15.0. The van der Waals surface area contributed by atoms with Crippen molar-refractivity contribution >= 4 is 11.6 Å². The van der Waals surface area contributed by atoms with Gasteiger partial charge in [0.1, 0.15) is 5.75 Å². The number of ether oxygens (including phenoxy) is 1. The van der Waals surface area contributed by atoms with Crippen LogP contribution in [0.2, 0.25) is 5.02 Å². The van der Waals surface area contributed by atoms with Crippen LogP contribution in [0.3, 0.4) is 0 Å². The molecule has 10 heteroatoms. The molecular formula is C9H3ClF8O. The standard InChI is InChI=1S/C9H3ClF8O/c10-5-2-3(19-7(11)12)1-4(8(13,14)15)6(5)9(16,17)18/h1-2,7H. The summed E-state index contributed by atoms with van der Waals surface area (Å²) in [6.07, 6.45) is -10.8. The molecule has 1 aromatic rings. The lowest BCUT2D eigenvalue weighted by atomic mass is 10.1. The summed E-state index contributed by atoms with van der Waals surface area (Å²) in [5.41, 5.74) is -4.34. The Morgan fingerprint density at radius 2 is 1.47 bits per heavy atom. The van der Waals surface area contributed by atoms with Crippen molar-refractivity contribution in [1.29, 1.82) is 0 Å². The van der Waals surface area contributed by atoms with Crippen molar-refractivity contribution in [2.24, 2.45) is 0 Å². The molecule has 0 amide bonds. The van der Waals surface area contributed by atoms with Crippen LogP contribution in [-0.2, 0) is 12.4 Å². The normalized spacial score (nSPS) is 12.9. The fourth-order valence-corrected chi connectivity index (χ4v) is 1.58. The Labute approximate surface area is 105 Å². The summed E-state index contributed by atoms with van der Waals surface area (Å²) >= 11 is 5.06. The van der Waals surface area contributed by atoms with E-state index in [0.29, 0.717) is 0 Å². The quantitative estimate of drug-likeness (QED) is 0.700. The van der Waals surface area contributed by atoms with E-state index in [0.717, 1.165) is 0 Å². The maximum atomic E-state index is 12.5. The van der Waals surface area contributed by atoms with Gasteiger partial charge in [-0.1, -0.05) is 11.6 Å². The Kier molecular flexibility index (Phi) is 4.18. The first-order valence-electron chi connectivity index (χ1n) is 4.35. The van der Waals surface area contributed by atoms with Crippen molar-refractivity contribution in [1.82, 2.24) is 0 Å². The van der Waals surface area contributed by atoms with Crippen LogP contribution in [0.15, 0.2) is 12.1 Å². The van der Waals surface area contributed by atoms with E-state index in [1.807, 2.05) is 0 Å². The highest BCUT2D eigenvalue weighted by Crippen LogP contribution is 2.45. The van der Waals surface area contributed by atoms with Crippen molar-refractivity contribution in [3.8, 4) is 5.75 Å². The highest BCUT2D eigenvalue weighted by atomic mass is 35.5. The van der Waals surface area contributed by atoms with Crippen molar-refractivity contribution < 1.29 is 39.9 Å². The Hall–Kier alpha value is -1.25. The summed E-state index contributed by atoms with van der Waals surface area (Å²) in [7, 11) is 0. The van der Waals surface area contributed by atoms with Crippen molar-refractivity contribution in [3.63, 3.8) is 0 Å². The Bertz CT molecular complexity index is 465. The van der Waals surface area contributed by atoms with Gasteiger partial charge in [-0.05, 0) is 12.1 Å². The predicted octanol–water partition coefficient (Wildman–Crippen LogP) is 4.98. The van der Waals surface area contributed by atoms with Crippen LogP contribution in [0.1, 0.15) is 11.1 Å². The maximum Gasteiger partial charge on any atom is 0.418 e. The molecule has 0 N–H and O–H groups in total. The molecule has 1 aromatic carbocycles. The Balaban J connectivity index is 3.49. The van der Waals surface area contributed by atoms with E-state index < -0.39 is 40.9 Å². The number of hydrogen-bond acceptors (Lipinski definition) is 1. The van der Waals surface area contributed by atoms with Gasteiger partial charge in [-0.3, -0.25) is 0 Å². The van der Waals surface area contributed by atoms with Gasteiger partial charge in [0.15, 0.2) is 0 Å². The number of hydrogen-bond donors (Lipinski definition) is 0. The van der Waals surface area contributed by atoms with E-state index in [-0.39, 0.29) is 12.1 Å². The van der Waals surface area contributed by atoms with Crippen LogP contribution in [-0.4, -0.2) is 6.61 Å². The zero-order valence-electron chi connectivity index (χ0n) is 8.54. The van der Waals surface area contributed by atoms with Crippen LogP contribution < -0.4 is 4.74 Å². The first-order chi connectivity index (χ1) is 8.43. The predicted molar refractivity (Wildman–Crippen MR) is 48.1 cm³/mol. The zero-order valence-corrected chi connectivity index (χ0v) is 9.30. The smallest absolute Gasteiger partial charge is 0.418 e. The van der Waals surface area contributed by atoms with E-state index in [2.05, 4.69) is 4.74 Å². The van der Waals surface area contributed by atoms with Gasteiger partial charge in [0.2, 0.25) is 0 Å². The topological polar surface area (TPSA) is 9.23 Å². The molecule has 0 aliphatic rings. The van der Waals surface area contributed by atoms with Gasteiger partial charge in [-0.25, -0.2) is 0 Å². The highest BCUT2D eigenvalue weighted by molar-refractivity contribution is 6.31. The van der Waals surface area contributed by atoms with Gasteiger partial charge in [-0.2, -0.15) is 35.1 Å². The molecule has 0 radical (unpaired) electrons. The molecule has 19 heavy (non-hydrogen) atoms. The molecule has 1 rings (SSSR count). The van der Waals surface area contributed by atoms with E-state index in [1.54, 1.807) is 0 Å². The summed E-state index contributed by atoms with van der Waals surface area (Å²) in [6, 6.07) is 0.0621. The van der Waals surface area contributed by atoms with Crippen LogP contribution >= 0.6 is 11.6 Å². The van der Waals surface area contributed by atoms with E-state index >= 15 is 0 Å². The van der Waals surface area contributed by atoms with Gasteiger partial charge in [-0.15, -0.1) is 0 Å². The molecule has 0 unspecified atom stereocenters. The van der Waals surface area contributed by atoms with E-state index in [9.17, 15) is 35.1 Å². The minimum Gasteiger partial charge on any atom is -0.435 e. The minimum atomic E-state index is -5.42. The molecule has 0 aliphatic heterocycles. The average Bonchev–Trinajstić information content (AvgIpc) is 2.11. The number of alkyl halides is 8. The molecule has 0 spiro atoms. The van der Waals surface area contributed by atoms with E-state index in [1.165, 1.54) is 0 Å². The second kappa shape index (κ2) is 5.03. The maximum absolute atomic E-state index is 12.5. The third-order valence-electron chi connectivity index (χ3n) is 1.88. The lowest BCUT2D eigenvalue weighted by molar-refractivity contribution is -0.162. The molecular weight excluding hydrogens is 312 g/mol. The second-order valence-corrected chi connectivity index (χ2v) is 3.61. The summed E-state index contributed by atoms with van der Waals surface area (Å²) in [4.78, 5) is 0. The summed E-state index contributed by atoms with van der Waals surface area (Å²) in [6.45, 7) is -3.49. The molecule has 0 saturated carbocycles. The molecule has 0 aromatic heterocycles. The first-order valence-corrected chi connectivity index (χ1v) is 4.73. The van der Waals surface area contributed by atoms with Crippen molar-refractivity contribution in [2.45, 2.75) is 19.0 Å². The Morgan fingerprint density at radius 1 is 0.947 bits per heavy atom. The van der Waals surface area contributed by atoms with Gasteiger partial charge >= 0.3 is 19.0 Å². The average molecular weight is 315 g/mol. The molecule has 0 atom stereocenters. The summed E-state index contributed by atoms with van der Waals surface area (Å²) in [5.74, 6) is -1.11. The Morgan fingerprint density at radius 3 is 1.84 bits per heavy atom. The molecule has 0 aliphatic carbocycles. The second-order valence-electron chi connectivity index (χ2n) is 3.20. The van der Waals surface area contributed by atoms with Crippen molar-refractivity contribution in [2.75, 3.05) is 0 Å². The van der Waals surface area contributed by atoms with Crippen LogP contribution in [0.4, 0.5) is 35.1 Å². The van der Waals surface area contributed by atoms with Gasteiger partial charge in [0.25, 0.3) is 0 Å². The fourth-order valence-electron chi connectivity index (χ4n) is 1.26. The molecule has 1 nitrogen and oxygen atoms in total. The molecule has 0 saturated heterocycles. The van der Waals surface area contributed by atoms with Crippen LogP contribution in [0.25, 0.3) is 0 Å².